The van der Waals surface area contributed by atoms with E-state index in [1.807, 2.05) is 0 Å². The summed E-state index contributed by atoms with van der Waals surface area (Å²) >= 11 is 5.43. The van der Waals surface area contributed by atoms with Crippen molar-refractivity contribution in [2.24, 2.45) is 5.29 Å². The van der Waals surface area contributed by atoms with Gasteiger partial charge >= 0.3 is 6.03 Å². The Morgan fingerprint density at radius 1 is 1.53 bits per heavy atom. The minimum atomic E-state index is -0.639. The minimum Gasteiger partial charge on any atom is -0.348 e. The van der Waals surface area contributed by atoms with Crippen LogP contribution in [0.4, 0.5) is 4.79 Å². The Kier molecular flexibility index (Phi) is 5.10. The van der Waals surface area contributed by atoms with E-state index in [2.05, 4.69) is 10.6 Å². The first kappa shape index (κ1) is 14.1. The molecule has 1 N–H and O–H groups in total. The minimum absolute atomic E-state index is 0.0663. The summed E-state index contributed by atoms with van der Waals surface area (Å²) in [6.07, 6.45) is 0. The van der Waals surface area contributed by atoms with Gasteiger partial charge in [-0.3, -0.25) is 0 Å². The Labute approximate surface area is 104 Å². The van der Waals surface area contributed by atoms with Gasteiger partial charge in [0.05, 0.1) is 31.1 Å². The topological polar surface area (TPSA) is 80.2 Å². The quantitative estimate of drug-likeness (QED) is 0.468. The molecule has 1 rings (SSSR count). The second-order valence-corrected chi connectivity index (χ2v) is 4.44. The predicted octanol–water partition coefficient (Wildman–Crippen LogP) is 1.07. The molecular weight excluding hydrogens is 250 g/mol. The van der Waals surface area contributed by atoms with Gasteiger partial charge in [0.1, 0.15) is 0 Å². The Morgan fingerprint density at radius 2 is 2.12 bits per heavy atom. The molecule has 1 fully saturated rings. The van der Waals surface area contributed by atoms with Crippen molar-refractivity contribution < 1.29 is 14.3 Å². The third kappa shape index (κ3) is 4.45. The Balaban J connectivity index is 2.39. The highest BCUT2D eigenvalue weighted by Crippen LogP contribution is 2.16. The van der Waals surface area contributed by atoms with Gasteiger partial charge in [-0.1, -0.05) is 0 Å². The Hall–Kier alpha value is -0.920. The highest BCUT2D eigenvalue weighted by atomic mass is 35.5. The molecule has 0 aromatic rings. The molecule has 98 valence electrons. The van der Waals surface area contributed by atoms with E-state index in [9.17, 15) is 9.70 Å². The molecular formula is C9H16ClN3O4. The summed E-state index contributed by atoms with van der Waals surface area (Å²) in [6, 6.07) is -0.896. The predicted molar refractivity (Wildman–Crippen MR) is 61.5 cm³/mol. The summed E-state index contributed by atoms with van der Waals surface area (Å²) in [7, 11) is 0. The van der Waals surface area contributed by atoms with E-state index in [0.29, 0.717) is 13.2 Å². The Morgan fingerprint density at radius 3 is 2.59 bits per heavy atom. The first-order valence-corrected chi connectivity index (χ1v) is 5.77. The van der Waals surface area contributed by atoms with Crippen molar-refractivity contribution in [1.29, 1.82) is 0 Å². The fourth-order valence-corrected chi connectivity index (χ4v) is 1.44. The van der Waals surface area contributed by atoms with Gasteiger partial charge in [-0.05, 0) is 13.8 Å². The maximum atomic E-state index is 11.5. The maximum Gasteiger partial charge on any atom is 0.340 e. The van der Waals surface area contributed by atoms with E-state index in [4.69, 9.17) is 21.1 Å². The number of hydrogen-bond acceptors (Lipinski definition) is 5. The fourth-order valence-electron chi connectivity index (χ4n) is 1.28. The second kappa shape index (κ2) is 6.13. The van der Waals surface area contributed by atoms with Crippen molar-refractivity contribution in [2.75, 3.05) is 25.6 Å². The zero-order valence-corrected chi connectivity index (χ0v) is 10.6. The maximum absolute atomic E-state index is 11.5. The number of nitroso groups, excluding NO2 is 1. The number of carbonyl (C=O) groups excluding carboxylic acids is 1. The van der Waals surface area contributed by atoms with Crippen molar-refractivity contribution >= 4 is 17.6 Å². The van der Waals surface area contributed by atoms with Gasteiger partial charge in [-0.2, -0.15) is 5.01 Å². The van der Waals surface area contributed by atoms with Gasteiger partial charge in [0, 0.05) is 5.88 Å². The molecule has 8 heteroatoms. The molecule has 2 amide bonds. The van der Waals surface area contributed by atoms with Crippen LogP contribution in [0.5, 0.6) is 0 Å². The van der Waals surface area contributed by atoms with Crippen LogP contribution in [0.1, 0.15) is 13.8 Å². The first-order valence-electron chi connectivity index (χ1n) is 5.23. The highest BCUT2D eigenvalue weighted by molar-refractivity contribution is 6.18. The molecule has 7 nitrogen and oxygen atoms in total. The van der Waals surface area contributed by atoms with Crippen LogP contribution in [0.3, 0.4) is 0 Å². The molecule has 0 aliphatic carbocycles. The molecule has 17 heavy (non-hydrogen) atoms. The van der Waals surface area contributed by atoms with Crippen molar-refractivity contribution in [1.82, 2.24) is 10.3 Å². The standard InChI is InChI=1S/C9H16ClN3O4/c1-9(2)16-5-7(6-17-9)11-8(14)13(12-15)4-3-10/h7H,3-6H2,1-2H3,(H,11,14). The van der Waals surface area contributed by atoms with E-state index >= 15 is 0 Å². The number of urea groups is 1. The number of ether oxygens (including phenoxy) is 2. The lowest BCUT2D eigenvalue weighted by Crippen LogP contribution is -2.52. The summed E-state index contributed by atoms with van der Waals surface area (Å²) in [5.74, 6) is -0.496. The summed E-state index contributed by atoms with van der Waals surface area (Å²) in [6.45, 7) is 4.30. The SMILES string of the molecule is CC1(C)OCC(NC(=O)N(CCCl)N=O)CO1. The van der Waals surface area contributed by atoms with Crippen molar-refractivity contribution in [3.05, 3.63) is 4.91 Å². The number of hydrogen-bond donors (Lipinski definition) is 1. The molecule has 1 saturated heterocycles. The molecule has 0 unspecified atom stereocenters. The lowest BCUT2D eigenvalue weighted by molar-refractivity contribution is -0.251. The van der Waals surface area contributed by atoms with Gasteiger partial charge in [0.25, 0.3) is 0 Å². The molecule has 0 aromatic heterocycles. The third-order valence-electron chi connectivity index (χ3n) is 2.22. The average Bonchev–Trinajstić information content (AvgIpc) is 2.28. The summed E-state index contributed by atoms with van der Waals surface area (Å²) < 4.78 is 10.7. The van der Waals surface area contributed by atoms with Gasteiger partial charge < -0.3 is 14.8 Å². The Bertz CT molecular complexity index is 277. The molecule has 1 aliphatic heterocycles. The summed E-state index contributed by atoms with van der Waals surface area (Å²) in [5, 5.41) is 5.88. The van der Waals surface area contributed by atoms with Crippen LogP contribution in [0.15, 0.2) is 5.29 Å². The van der Waals surface area contributed by atoms with Crippen LogP contribution in [0.2, 0.25) is 0 Å². The van der Waals surface area contributed by atoms with Crippen molar-refractivity contribution in [2.45, 2.75) is 25.7 Å². The second-order valence-electron chi connectivity index (χ2n) is 4.06. The van der Waals surface area contributed by atoms with Crippen LogP contribution in [-0.2, 0) is 9.47 Å². The molecule has 0 saturated carbocycles. The van der Waals surface area contributed by atoms with Gasteiger partial charge in [-0.15, -0.1) is 16.5 Å². The van der Waals surface area contributed by atoms with E-state index < -0.39 is 11.8 Å². The number of carbonyl (C=O) groups is 1. The lowest BCUT2D eigenvalue weighted by atomic mass is 10.2. The number of nitrogens with one attached hydrogen (secondary N) is 1. The third-order valence-corrected chi connectivity index (χ3v) is 2.39. The van der Waals surface area contributed by atoms with Gasteiger partial charge in [0.15, 0.2) is 5.79 Å². The van der Waals surface area contributed by atoms with Crippen LogP contribution < -0.4 is 5.32 Å². The number of amides is 2. The molecule has 1 aliphatic rings. The average molecular weight is 266 g/mol. The van der Waals surface area contributed by atoms with Crippen LogP contribution in [-0.4, -0.2) is 48.5 Å². The molecule has 1 heterocycles. The van der Waals surface area contributed by atoms with Crippen LogP contribution in [0, 0.1) is 4.91 Å². The molecule has 0 radical (unpaired) electrons. The van der Waals surface area contributed by atoms with Gasteiger partial charge in [0.2, 0.25) is 0 Å². The summed E-state index contributed by atoms with van der Waals surface area (Å²) in [5.41, 5.74) is 0. The van der Waals surface area contributed by atoms with Crippen molar-refractivity contribution in [3.8, 4) is 0 Å². The molecule has 0 spiro atoms. The number of halogens is 1. The molecule has 0 atom stereocenters. The van der Waals surface area contributed by atoms with Crippen molar-refractivity contribution in [3.63, 3.8) is 0 Å². The van der Waals surface area contributed by atoms with Gasteiger partial charge in [-0.25, -0.2) is 4.79 Å². The highest BCUT2D eigenvalue weighted by Gasteiger charge is 2.30. The lowest BCUT2D eigenvalue weighted by Gasteiger charge is -2.35. The smallest absolute Gasteiger partial charge is 0.340 e. The fraction of sp³-hybridized carbons (Fsp3) is 0.889. The monoisotopic (exact) mass is 265 g/mol. The molecule has 0 bridgehead atoms. The van der Waals surface area contributed by atoms with E-state index in [1.165, 1.54) is 0 Å². The zero-order chi connectivity index (χ0) is 12.9. The van der Waals surface area contributed by atoms with Crippen LogP contribution >= 0.6 is 11.6 Å². The summed E-state index contributed by atoms with van der Waals surface area (Å²) in [4.78, 5) is 21.9. The molecule has 0 aromatic carbocycles. The largest absolute Gasteiger partial charge is 0.348 e. The first-order chi connectivity index (χ1) is 7.98. The van der Waals surface area contributed by atoms with E-state index in [1.54, 1.807) is 13.8 Å². The number of nitrogens with zero attached hydrogens (tertiary/aromatic N) is 2. The zero-order valence-electron chi connectivity index (χ0n) is 9.81. The number of alkyl halides is 1. The normalized spacial score (nSPS) is 19.7. The number of rotatable bonds is 4. The van der Waals surface area contributed by atoms with E-state index in [-0.39, 0.29) is 18.5 Å². The van der Waals surface area contributed by atoms with Crippen LogP contribution in [0.25, 0.3) is 0 Å². The van der Waals surface area contributed by atoms with E-state index in [0.717, 1.165) is 5.01 Å².